The zero-order valence-electron chi connectivity index (χ0n) is 11.0. The Bertz CT molecular complexity index is 516. The van der Waals surface area contributed by atoms with Crippen LogP contribution >= 0.6 is 0 Å². The van der Waals surface area contributed by atoms with Crippen LogP contribution < -0.4 is 0 Å². The first-order valence-electron chi connectivity index (χ1n) is 6.83. The third-order valence-corrected chi connectivity index (χ3v) is 3.92. The van der Waals surface area contributed by atoms with E-state index in [0.717, 1.165) is 18.5 Å². The van der Waals surface area contributed by atoms with Gasteiger partial charge in [0.1, 0.15) is 0 Å². The second-order valence-electron chi connectivity index (χ2n) is 5.14. The van der Waals surface area contributed by atoms with Gasteiger partial charge >= 0.3 is 5.97 Å². The summed E-state index contributed by atoms with van der Waals surface area (Å²) >= 11 is 0. The van der Waals surface area contributed by atoms with Crippen LogP contribution in [0.3, 0.4) is 0 Å². The van der Waals surface area contributed by atoms with E-state index in [4.69, 9.17) is 4.74 Å². The van der Waals surface area contributed by atoms with E-state index in [9.17, 15) is 4.79 Å². The van der Waals surface area contributed by atoms with Crippen molar-refractivity contribution in [1.29, 1.82) is 0 Å². The molecule has 3 atom stereocenters. The normalized spacial score (nSPS) is 28.9. The Labute approximate surface area is 112 Å². The van der Waals surface area contributed by atoms with Gasteiger partial charge in [-0.3, -0.25) is 4.79 Å². The van der Waals surface area contributed by atoms with Gasteiger partial charge in [-0.1, -0.05) is 18.2 Å². The highest BCUT2D eigenvalue weighted by Crippen LogP contribution is 2.48. The zero-order valence-corrected chi connectivity index (χ0v) is 11.0. The number of ether oxygens (including phenoxy) is 1. The smallest absolute Gasteiger partial charge is 0.309 e. The van der Waals surface area contributed by atoms with E-state index in [-0.39, 0.29) is 11.9 Å². The summed E-state index contributed by atoms with van der Waals surface area (Å²) in [7, 11) is 0. The largest absolute Gasteiger partial charge is 0.466 e. The molecule has 3 rings (SSSR count). The number of allylic oxidation sites excluding steroid dienone is 4. The number of H-pyrrole nitrogens is 1. The fourth-order valence-electron chi connectivity index (χ4n) is 2.78. The molecular formula is C15H18N2O2. The fourth-order valence-corrected chi connectivity index (χ4v) is 2.78. The van der Waals surface area contributed by atoms with Crippen molar-refractivity contribution in [2.45, 2.75) is 19.8 Å². The van der Waals surface area contributed by atoms with Crippen LogP contribution in [-0.4, -0.2) is 22.5 Å². The number of nitrogens with one attached hydrogen (secondary N) is 1. The Balaban J connectivity index is 1.58. The third kappa shape index (κ3) is 2.48. The van der Waals surface area contributed by atoms with Crippen molar-refractivity contribution in [2.24, 2.45) is 17.8 Å². The van der Waals surface area contributed by atoms with E-state index in [0.29, 0.717) is 18.4 Å². The molecule has 0 saturated heterocycles. The number of imidazole rings is 1. The SMILES string of the molecule is CCOC(=O)[C@H]1C[C@@H]1C1C=CC(c2cnc[nH]2)=CC1. The quantitative estimate of drug-likeness (QED) is 0.844. The van der Waals surface area contributed by atoms with Crippen LogP contribution in [0.1, 0.15) is 25.5 Å². The summed E-state index contributed by atoms with van der Waals surface area (Å²) in [4.78, 5) is 18.8. The predicted octanol–water partition coefficient (Wildman–Crippen LogP) is 2.57. The third-order valence-electron chi connectivity index (χ3n) is 3.92. The molecule has 1 saturated carbocycles. The Morgan fingerprint density at radius 1 is 1.58 bits per heavy atom. The van der Waals surface area contributed by atoms with Crippen LogP contribution in [0.15, 0.2) is 30.8 Å². The van der Waals surface area contributed by atoms with E-state index >= 15 is 0 Å². The van der Waals surface area contributed by atoms with Crippen LogP contribution in [0.25, 0.3) is 5.57 Å². The second kappa shape index (κ2) is 5.03. The maximum atomic E-state index is 11.6. The number of rotatable bonds is 4. The summed E-state index contributed by atoms with van der Waals surface area (Å²) < 4.78 is 5.08. The summed E-state index contributed by atoms with van der Waals surface area (Å²) in [6, 6.07) is 0. The first-order valence-corrected chi connectivity index (χ1v) is 6.83. The maximum absolute atomic E-state index is 11.6. The maximum Gasteiger partial charge on any atom is 0.309 e. The van der Waals surface area contributed by atoms with Crippen molar-refractivity contribution in [2.75, 3.05) is 6.61 Å². The number of aromatic amines is 1. The van der Waals surface area contributed by atoms with Gasteiger partial charge in [0, 0.05) is 0 Å². The monoisotopic (exact) mass is 258 g/mol. The molecule has 0 amide bonds. The summed E-state index contributed by atoms with van der Waals surface area (Å²) in [5, 5.41) is 0. The predicted molar refractivity (Wildman–Crippen MR) is 72.0 cm³/mol. The molecule has 2 aliphatic carbocycles. The molecule has 1 N–H and O–H groups in total. The molecule has 19 heavy (non-hydrogen) atoms. The highest BCUT2D eigenvalue weighted by atomic mass is 16.5. The van der Waals surface area contributed by atoms with E-state index < -0.39 is 0 Å². The van der Waals surface area contributed by atoms with Gasteiger partial charge < -0.3 is 9.72 Å². The Morgan fingerprint density at radius 2 is 2.47 bits per heavy atom. The summed E-state index contributed by atoms with van der Waals surface area (Å²) in [6.07, 6.45) is 12.1. The van der Waals surface area contributed by atoms with Crippen LogP contribution in [0.2, 0.25) is 0 Å². The van der Waals surface area contributed by atoms with E-state index in [2.05, 4.69) is 28.2 Å². The Kier molecular flexibility index (Phi) is 3.23. The lowest BCUT2D eigenvalue weighted by molar-refractivity contribution is -0.145. The van der Waals surface area contributed by atoms with Crippen molar-refractivity contribution in [3.8, 4) is 0 Å². The van der Waals surface area contributed by atoms with Crippen molar-refractivity contribution < 1.29 is 9.53 Å². The molecule has 100 valence electrons. The lowest BCUT2D eigenvalue weighted by Crippen LogP contribution is -2.11. The molecule has 1 aromatic rings. The summed E-state index contributed by atoms with van der Waals surface area (Å²) in [5.41, 5.74) is 2.23. The molecule has 4 heteroatoms. The lowest BCUT2D eigenvalue weighted by Gasteiger charge is -2.15. The van der Waals surface area contributed by atoms with Crippen molar-refractivity contribution in [3.63, 3.8) is 0 Å². The number of hydrogen-bond donors (Lipinski definition) is 1. The molecule has 1 unspecified atom stereocenters. The number of nitrogens with zero attached hydrogens (tertiary/aromatic N) is 1. The molecule has 0 bridgehead atoms. The van der Waals surface area contributed by atoms with E-state index in [1.54, 1.807) is 6.33 Å². The van der Waals surface area contributed by atoms with Gasteiger partial charge in [0.25, 0.3) is 0 Å². The highest BCUT2D eigenvalue weighted by molar-refractivity contribution is 5.76. The molecule has 0 aliphatic heterocycles. The van der Waals surface area contributed by atoms with Gasteiger partial charge in [0.05, 0.1) is 30.7 Å². The average Bonchev–Trinajstić information content (AvgIpc) is 3.05. The zero-order chi connectivity index (χ0) is 13.2. The number of esters is 1. The topological polar surface area (TPSA) is 55.0 Å². The molecule has 4 nitrogen and oxygen atoms in total. The second-order valence-corrected chi connectivity index (χ2v) is 5.14. The average molecular weight is 258 g/mol. The molecule has 2 aliphatic rings. The molecule has 1 aromatic heterocycles. The van der Waals surface area contributed by atoms with Crippen LogP contribution in [0.4, 0.5) is 0 Å². The molecule has 0 radical (unpaired) electrons. The van der Waals surface area contributed by atoms with Gasteiger partial charge in [-0.05, 0) is 37.2 Å². The Hall–Kier alpha value is -1.84. The lowest BCUT2D eigenvalue weighted by atomic mass is 9.91. The number of aromatic nitrogens is 2. The minimum Gasteiger partial charge on any atom is -0.466 e. The molecule has 1 fully saturated rings. The van der Waals surface area contributed by atoms with Crippen LogP contribution in [0.5, 0.6) is 0 Å². The minimum absolute atomic E-state index is 0.0238. The highest BCUT2D eigenvalue weighted by Gasteiger charge is 2.47. The standard InChI is InChI=1S/C15H18N2O2/c1-2-19-15(18)13-7-12(13)10-3-5-11(6-4-10)14-8-16-9-17-14/h3,5-6,8-10,12-13H,2,4,7H2,1H3,(H,16,17)/t10?,12-,13+/m1/s1. The van der Waals surface area contributed by atoms with Gasteiger partial charge in [-0.15, -0.1) is 0 Å². The first kappa shape index (κ1) is 12.2. The van der Waals surface area contributed by atoms with E-state index in [1.165, 1.54) is 5.57 Å². The number of carbonyl (C=O) groups excluding carboxylic acids is 1. The van der Waals surface area contributed by atoms with Gasteiger partial charge in [-0.25, -0.2) is 4.98 Å². The molecular weight excluding hydrogens is 240 g/mol. The van der Waals surface area contributed by atoms with Crippen molar-refractivity contribution in [3.05, 3.63) is 36.4 Å². The number of carbonyl (C=O) groups is 1. The minimum atomic E-state index is -0.0238. The Morgan fingerprint density at radius 3 is 3.11 bits per heavy atom. The summed E-state index contributed by atoms with van der Waals surface area (Å²) in [5.74, 6) is 1.04. The van der Waals surface area contributed by atoms with E-state index in [1.807, 2.05) is 13.1 Å². The van der Waals surface area contributed by atoms with Crippen molar-refractivity contribution >= 4 is 11.5 Å². The first-order chi connectivity index (χ1) is 9.29. The van der Waals surface area contributed by atoms with Gasteiger partial charge in [0.15, 0.2) is 0 Å². The fraction of sp³-hybridized carbons (Fsp3) is 0.467. The van der Waals surface area contributed by atoms with Crippen molar-refractivity contribution in [1.82, 2.24) is 9.97 Å². The van der Waals surface area contributed by atoms with Crippen LogP contribution in [-0.2, 0) is 9.53 Å². The molecule has 0 spiro atoms. The van der Waals surface area contributed by atoms with Crippen LogP contribution in [0, 0.1) is 17.8 Å². The molecule has 0 aromatic carbocycles. The molecule has 1 heterocycles. The van der Waals surface area contributed by atoms with Gasteiger partial charge in [-0.2, -0.15) is 0 Å². The summed E-state index contributed by atoms with van der Waals surface area (Å²) in [6.45, 7) is 2.33. The number of hydrogen-bond acceptors (Lipinski definition) is 3. The van der Waals surface area contributed by atoms with Gasteiger partial charge in [0.2, 0.25) is 0 Å².